The third-order valence-electron chi connectivity index (χ3n) is 5.59. The van der Waals surface area contributed by atoms with Crippen LogP contribution in [-0.4, -0.2) is 53.0 Å². The summed E-state index contributed by atoms with van der Waals surface area (Å²) in [6.45, 7) is 8.39. The molecule has 1 amide bonds. The van der Waals surface area contributed by atoms with Crippen LogP contribution in [0.5, 0.6) is 0 Å². The molecule has 0 aromatic heterocycles. The van der Waals surface area contributed by atoms with E-state index in [0.717, 1.165) is 29.3 Å². The van der Waals surface area contributed by atoms with Crippen molar-refractivity contribution in [2.45, 2.75) is 51.4 Å². The number of carbonyl (C=O) groups is 1. The van der Waals surface area contributed by atoms with Crippen LogP contribution < -0.4 is 0 Å². The van der Waals surface area contributed by atoms with Gasteiger partial charge in [0.1, 0.15) is 13.4 Å². The first-order chi connectivity index (χ1) is 14.1. The monoisotopic (exact) mass is 421 g/mol. The van der Waals surface area contributed by atoms with Crippen LogP contribution in [0.1, 0.15) is 38.9 Å². The maximum Gasteiger partial charge on any atom is 0.413 e. The maximum atomic E-state index is 12.1. The van der Waals surface area contributed by atoms with Crippen LogP contribution in [0.4, 0.5) is 4.79 Å². The molecule has 7 heteroatoms. The Balaban J connectivity index is 2.38. The first-order valence-corrected chi connectivity index (χ1v) is 13.1. The molecule has 1 fully saturated rings. The number of carbonyl (C=O) groups excluding carboxylic acids is 1. The zero-order valence-electron chi connectivity index (χ0n) is 18.2. The van der Waals surface area contributed by atoms with Crippen molar-refractivity contribution in [1.82, 2.24) is 4.90 Å². The van der Waals surface area contributed by atoms with E-state index in [1.54, 1.807) is 12.0 Å². The number of methoxy groups -OCH3 is 1. The standard InChI is InChI=1S/C22H35NO5Si/c1-5-29(6-2,7-3)28-21(19-11-9-8-10-12-19)20(13-15-26-18-25-4)17-23-14-16-27-22(23)24/h8-12,17,21H,5-7,13-16,18H2,1-4H3/b20-17+. The van der Waals surface area contributed by atoms with E-state index in [0.29, 0.717) is 26.2 Å². The zero-order valence-corrected chi connectivity index (χ0v) is 19.2. The molecule has 1 unspecified atom stereocenters. The molecule has 162 valence electrons. The molecule has 1 saturated heterocycles. The summed E-state index contributed by atoms with van der Waals surface area (Å²) in [5.41, 5.74) is 2.13. The Morgan fingerprint density at radius 2 is 1.90 bits per heavy atom. The van der Waals surface area contributed by atoms with E-state index in [9.17, 15) is 4.79 Å². The summed E-state index contributed by atoms with van der Waals surface area (Å²) in [6.07, 6.45) is 2.04. The number of nitrogens with zero attached hydrogens (tertiary/aromatic N) is 1. The second-order valence-electron chi connectivity index (χ2n) is 7.23. The molecule has 1 aromatic rings. The molecule has 0 saturated carbocycles. The molecular formula is C22H35NO5Si. The molecule has 1 heterocycles. The SMILES string of the molecule is CC[Si](CC)(CC)OC(/C(=C/N1CCOC1=O)CCOCOC)c1ccccc1. The van der Waals surface area contributed by atoms with Crippen molar-refractivity contribution in [1.29, 1.82) is 0 Å². The second-order valence-corrected chi connectivity index (χ2v) is 12.0. The molecule has 0 bridgehead atoms. The molecule has 1 atom stereocenters. The van der Waals surface area contributed by atoms with E-state index < -0.39 is 8.32 Å². The van der Waals surface area contributed by atoms with E-state index >= 15 is 0 Å². The minimum absolute atomic E-state index is 0.206. The van der Waals surface area contributed by atoms with Gasteiger partial charge in [0.05, 0.1) is 19.3 Å². The maximum absolute atomic E-state index is 12.1. The number of ether oxygens (including phenoxy) is 3. The average molecular weight is 422 g/mol. The van der Waals surface area contributed by atoms with Gasteiger partial charge >= 0.3 is 6.09 Å². The lowest BCUT2D eigenvalue weighted by molar-refractivity contribution is -0.0301. The third kappa shape index (κ3) is 6.67. The van der Waals surface area contributed by atoms with Crippen LogP contribution in [0.15, 0.2) is 42.1 Å². The van der Waals surface area contributed by atoms with Crippen LogP contribution in [0.2, 0.25) is 18.1 Å². The minimum atomic E-state index is -1.89. The molecular weight excluding hydrogens is 386 g/mol. The summed E-state index contributed by atoms with van der Waals surface area (Å²) in [5.74, 6) is 0. The summed E-state index contributed by atoms with van der Waals surface area (Å²) in [7, 11) is -0.287. The first kappa shape index (κ1) is 23.6. The van der Waals surface area contributed by atoms with Crippen LogP contribution >= 0.6 is 0 Å². The zero-order chi connectivity index (χ0) is 21.1. The predicted octanol–water partition coefficient (Wildman–Crippen LogP) is 5.10. The van der Waals surface area contributed by atoms with Gasteiger partial charge in [-0.05, 0) is 35.7 Å². The second kappa shape index (κ2) is 12.1. The number of hydrogen-bond acceptors (Lipinski definition) is 5. The van der Waals surface area contributed by atoms with E-state index in [4.69, 9.17) is 18.6 Å². The van der Waals surface area contributed by atoms with Gasteiger partial charge in [0, 0.05) is 13.3 Å². The fourth-order valence-electron chi connectivity index (χ4n) is 3.55. The van der Waals surface area contributed by atoms with Crippen LogP contribution in [0.25, 0.3) is 0 Å². The van der Waals surface area contributed by atoms with Crippen molar-refractivity contribution >= 4 is 14.4 Å². The summed E-state index contributed by atoms with van der Waals surface area (Å²) in [4.78, 5) is 13.7. The van der Waals surface area contributed by atoms with Crippen molar-refractivity contribution in [2.75, 3.05) is 33.7 Å². The first-order valence-electron chi connectivity index (χ1n) is 10.5. The van der Waals surface area contributed by atoms with Crippen molar-refractivity contribution in [3.05, 3.63) is 47.7 Å². The fourth-order valence-corrected chi connectivity index (χ4v) is 6.34. The molecule has 0 aliphatic carbocycles. The average Bonchev–Trinajstić information content (AvgIpc) is 3.17. The van der Waals surface area contributed by atoms with E-state index in [2.05, 4.69) is 32.9 Å². The van der Waals surface area contributed by atoms with Crippen LogP contribution in [0.3, 0.4) is 0 Å². The Hall–Kier alpha value is -1.67. The minimum Gasteiger partial charge on any atom is -0.447 e. The lowest BCUT2D eigenvalue weighted by atomic mass is 10.00. The van der Waals surface area contributed by atoms with Crippen molar-refractivity contribution in [2.24, 2.45) is 0 Å². The Labute approximate surface area is 175 Å². The highest BCUT2D eigenvalue weighted by molar-refractivity contribution is 6.73. The molecule has 1 aromatic carbocycles. The van der Waals surface area contributed by atoms with E-state index in [1.165, 1.54) is 0 Å². The summed E-state index contributed by atoms with van der Waals surface area (Å²) in [6, 6.07) is 13.4. The Bertz CT molecular complexity index is 640. The lowest BCUT2D eigenvalue weighted by Gasteiger charge is -2.35. The number of amides is 1. The van der Waals surface area contributed by atoms with E-state index in [1.807, 2.05) is 24.4 Å². The largest absolute Gasteiger partial charge is 0.447 e. The highest BCUT2D eigenvalue weighted by atomic mass is 28.4. The Morgan fingerprint density at radius 3 is 2.45 bits per heavy atom. The topological polar surface area (TPSA) is 57.2 Å². The van der Waals surface area contributed by atoms with Gasteiger partial charge in [0.25, 0.3) is 0 Å². The fraction of sp³-hybridized carbons (Fsp3) is 0.591. The smallest absolute Gasteiger partial charge is 0.413 e. The quantitative estimate of drug-likeness (QED) is 0.252. The molecule has 0 N–H and O–H groups in total. The van der Waals surface area contributed by atoms with Gasteiger partial charge in [-0.15, -0.1) is 0 Å². The number of rotatable bonds is 13. The van der Waals surface area contributed by atoms with Gasteiger partial charge in [-0.3, -0.25) is 4.90 Å². The highest BCUT2D eigenvalue weighted by Crippen LogP contribution is 2.36. The normalized spacial score (nSPS) is 16.2. The van der Waals surface area contributed by atoms with Crippen LogP contribution in [-0.2, 0) is 18.6 Å². The van der Waals surface area contributed by atoms with Crippen molar-refractivity contribution in [3.8, 4) is 0 Å². The third-order valence-corrected chi connectivity index (χ3v) is 10.2. The van der Waals surface area contributed by atoms with Gasteiger partial charge in [-0.2, -0.15) is 0 Å². The molecule has 1 aliphatic heterocycles. The molecule has 2 rings (SSSR count). The number of hydrogen-bond donors (Lipinski definition) is 0. The Kier molecular flexibility index (Phi) is 9.87. The van der Waals surface area contributed by atoms with Gasteiger partial charge in [0.2, 0.25) is 0 Å². The van der Waals surface area contributed by atoms with Crippen LogP contribution in [0, 0.1) is 0 Å². The van der Waals surface area contributed by atoms with E-state index in [-0.39, 0.29) is 19.0 Å². The number of benzene rings is 1. The van der Waals surface area contributed by atoms with Crippen molar-refractivity contribution < 1.29 is 23.4 Å². The molecule has 29 heavy (non-hydrogen) atoms. The van der Waals surface area contributed by atoms with Crippen molar-refractivity contribution in [3.63, 3.8) is 0 Å². The summed E-state index contributed by atoms with van der Waals surface area (Å²) >= 11 is 0. The predicted molar refractivity (Wildman–Crippen MR) is 116 cm³/mol. The summed E-state index contributed by atoms with van der Waals surface area (Å²) < 4.78 is 22.6. The summed E-state index contributed by atoms with van der Waals surface area (Å²) in [5, 5.41) is 0. The molecule has 0 radical (unpaired) electrons. The van der Waals surface area contributed by atoms with Gasteiger partial charge in [-0.25, -0.2) is 4.79 Å². The molecule has 6 nitrogen and oxygen atoms in total. The van der Waals surface area contributed by atoms with Gasteiger partial charge < -0.3 is 18.6 Å². The Morgan fingerprint density at radius 1 is 1.21 bits per heavy atom. The molecule has 0 spiro atoms. The molecule has 1 aliphatic rings. The van der Waals surface area contributed by atoms with Gasteiger partial charge in [-0.1, -0.05) is 51.1 Å². The van der Waals surface area contributed by atoms with Gasteiger partial charge in [0.15, 0.2) is 8.32 Å². The number of cyclic esters (lactones) is 1. The lowest BCUT2D eigenvalue weighted by Crippen LogP contribution is -2.38. The highest BCUT2D eigenvalue weighted by Gasteiger charge is 2.34.